The predicted molar refractivity (Wildman–Crippen MR) is 86.4 cm³/mol. The van der Waals surface area contributed by atoms with Crippen molar-refractivity contribution in [3.05, 3.63) is 77.3 Å². The lowest BCUT2D eigenvalue weighted by molar-refractivity contribution is 0.102. The summed E-state index contributed by atoms with van der Waals surface area (Å²) in [6, 6.07) is 4.56. The van der Waals surface area contributed by atoms with E-state index in [1.54, 1.807) is 19.2 Å². The van der Waals surface area contributed by atoms with Gasteiger partial charge < -0.3 is 5.32 Å². The molecule has 0 spiro atoms. The second kappa shape index (κ2) is 6.91. The average molecular weight is 361 g/mol. The Bertz CT molecular complexity index is 1010. The van der Waals surface area contributed by atoms with Crippen LogP contribution >= 0.6 is 0 Å². The molecule has 26 heavy (non-hydrogen) atoms. The first-order valence-corrected chi connectivity index (χ1v) is 7.40. The highest BCUT2D eigenvalue weighted by Crippen LogP contribution is 2.27. The molecule has 132 valence electrons. The van der Waals surface area contributed by atoms with E-state index in [9.17, 15) is 22.4 Å². The third-order valence-corrected chi connectivity index (χ3v) is 3.61. The van der Waals surface area contributed by atoms with Crippen molar-refractivity contribution in [3.63, 3.8) is 0 Å². The Hall–Kier alpha value is -3.29. The highest BCUT2D eigenvalue weighted by atomic mass is 19.2. The minimum Gasteiger partial charge on any atom is -0.319 e. The zero-order chi connectivity index (χ0) is 18.8. The molecule has 4 nitrogen and oxygen atoms in total. The molecule has 3 rings (SSSR count). The van der Waals surface area contributed by atoms with Gasteiger partial charge in [0, 0.05) is 17.8 Å². The van der Waals surface area contributed by atoms with Gasteiger partial charge in [0.15, 0.2) is 11.6 Å². The number of hydrogen-bond acceptors (Lipinski definition) is 3. The molecular formula is C18H11F4N3O. The Morgan fingerprint density at radius 1 is 1.04 bits per heavy atom. The van der Waals surface area contributed by atoms with Crippen LogP contribution in [0.4, 0.5) is 23.2 Å². The first-order chi connectivity index (χ1) is 12.4. The molecule has 1 amide bonds. The maximum atomic E-state index is 14.0. The normalized spacial score (nSPS) is 10.7. The summed E-state index contributed by atoms with van der Waals surface area (Å²) in [4.78, 5) is 19.9. The first kappa shape index (κ1) is 17.5. The zero-order valence-electron chi connectivity index (χ0n) is 13.4. The van der Waals surface area contributed by atoms with E-state index in [4.69, 9.17) is 0 Å². The Kier molecular flexibility index (Phi) is 4.66. The topological polar surface area (TPSA) is 54.9 Å². The van der Waals surface area contributed by atoms with Crippen LogP contribution in [0.5, 0.6) is 0 Å². The quantitative estimate of drug-likeness (QED) is 0.560. The van der Waals surface area contributed by atoms with Crippen LogP contribution in [-0.2, 0) is 0 Å². The Balaban J connectivity index is 2.01. The van der Waals surface area contributed by atoms with E-state index >= 15 is 0 Å². The Morgan fingerprint density at radius 3 is 2.54 bits per heavy atom. The van der Waals surface area contributed by atoms with Gasteiger partial charge in [-0.05, 0) is 36.8 Å². The van der Waals surface area contributed by atoms with Gasteiger partial charge in [-0.3, -0.25) is 9.78 Å². The molecule has 0 radical (unpaired) electrons. The fourth-order valence-electron chi connectivity index (χ4n) is 2.27. The number of benzene rings is 1. The van der Waals surface area contributed by atoms with Gasteiger partial charge >= 0.3 is 0 Å². The molecule has 0 unspecified atom stereocenters. The summed E-state index contributed by atoms with van der Waals surface area (Å²) in [5.74, 6) is -5.77. The van der Waals surface area contributed by atoms with Gasteiger partial charge in [0.2, 0.25) is 0 Å². The van der Waals surface area contributed by atoms with Gasteiger partial charge in [-0.1, -0.05) is 0 Å². The van der Waals surface area contributed by atoms with Crippen molar-refractivity contribution in [1.82, 2.24) is 9.97 Å². The van der Waals surface area contributed by atoms with Crippen molar-refractivity contribution in [2.75, 3.05) is 5.32 Å². The summed E-state index contributed by atoms with van der Waals surface area (Å²) in [6.45, 7) is 1.74. The summed E-state index contributed by atoms with van der Waals surface area (Å²) < 4.78 is 54.7. The lowest BCUT2D eigenvalue weighted by Crippen LogP contribution is -2.15. The summed E-state index contributed by atoms with van der Waals surface area (Å²) >= 11 is 0. The smallest absolute Gasteiger partial charge is 0.274 e. The molecule has 2 heterocycles. The molecule has 1 aromatic carbocycles. The van der Waals surface area contributed by atoms with Gasteiger partial charge in [0.05, 0.1) is 11.9 Å². The molecule has 0 bridgehead atoms. The number of nitrogens with one attached hydrogen (secondary N) is 1. The van der Waals surface area contributed by atoms with Crippen LogP contribution < -0.4 is 5.32 Å². The van der Waals surface area contributed by atoms with Crippen LogP contribution in [0.15, 0.2) is 42.7 Å². The van der Waals surface area contributed by atoms with Crippen molar-refractivity contribution in [2.45, 2.75) is 6.92 Å². The summed E-state index contributed by atoms with van der Waals surface area (Å²) in [6.07, 6.45) is 2.96. The van der Waals surface area contributed by atoms with Gasteiger partial charge in [0.1, 0.15) is 23.0 Å². The highest BCUT2D eigenvalue weighted by molar-refractivity contribution is 6.03. The molecule has 1 N–H and O–H groups in total. The third-order valence-electron chi connectivity index (χ3n) is 3.61. The van der Waals surface area contributed by atoms with Crippen molar-refractivity contribution in [2.24, 2.45) is 0 Å². The van der Waals surface area contributed by atoms with Crippen molar-refractivity contribution in [3.8, 4) is 11.3 Å². The number of carbonyl (C=O) groups is 1. The molecule has 8 heteroatoms. The minimum absolute atomic E-state index is 0.256. The number of hydrogen-bond donors (Lipinski definition) is 1. The summed E-state index contributed by atoms with van der Waals surface area (Å²) in [5.41, 5.74) is -0.500. The van der Waals surface area contributed by atoms with E-state index in [-0.39, 0.29) is 5.69 Å². The third kappa shape index (κ3) is 3.39. The number of aryl methyl sites for hydroxylation is 1. The van der Waals surface area contributed by atoms with Crippen LogP contribution in [0, 0.1) is 30.2 Å². The molecule has 0 fully saturated rings. The van der Waals surface area contributed by atoms with Crippen LogP contribution in [0.1, 0.15) is 16.1 Å². The molecule has 0 saturated carbocycles. The van der Waals surface area contributed by atoms with Crippen LogP contribution in [0.3, 0.4) is 0 Å². The number of halogens is 4. The maximum absolute atomic E-state index is 14.0. The summed E-state index contributed by atoms with van der Waals surface area (Å²) in [7, 11) is 0. The Labute approximate surface area is 145 Å². The fourth-order valence-corrected chi connectivity index (χ4v) is 2.27. The van der Waals surface area contributed by atoms with Crippen LogP contribution in [0.25, 0.3) is 11.3 Å². The molecule has 0 saturated heterocycles. The maximum Gasteiger partial charge on any atom is 0.274 e. The molecule has 0 aliphatic heterocycles. The number of pyridine rings is 2. The van der Waals surface area contributed by atoms with Gasteiger partial charge in [-0.25, -0.2) is 22.5 Å². The lowest BCUT2D eigenvalue weighted by Gasteiger charge is -2.10. The van der Waals surface area contributed by atoms with E-state index in [1.807, 2.05) is 0 Å². The number of nitrogens with zero attached hydrogens (tertiary/aromatic N) is 2. The standard InChI is InChI=1S/C18H11F4N3O/c1-9-4-5-23-8-15(9)25-18(26)14-3-2-12(20)17(24-14)11-6-10(19)7-13(21)16(11)22/h2-8H,1H3,(H,25,26). The van der Waals surface area contributed by atoms with E-state index < -0.39 is 40.4 Å². The van der Waals surface area contributed by atoms with Gasteiger partial charge in [-0.2, -0.15) is 0 Å². The summed E-state index contributed by atoms with van der Waals surface area (Å²) in [5, 5.41) is 2.53. The molecule has 3 aromatic rings. The van der Waals surface area contributed by atoms with E-state index in [0.717, 1.165) is 17.7 Å². The SMILES string of the molecule is Cc1ccncc1NC(=O)c1ccc(F)c(-c2cc(F)cc(F)c2F)n1. The van der Waals surface area contributed by atoms with E-state index in [2.05, 4.69) is 15.3 Å². The molecule has 0 atom stereocenters. The van der Waals surface area contributed by atoms with Crippen LogP contribution in [-0.4, -0.2) is 15.9 Å². The van der Waals surface area contributed by atoms with Crippen LogP contribution in [0.2, 0.25) is 0 Å². The first-order valence-electron chi connectivity index (χ1n) is 7.40. The number of amides is 1. The molecular weight excluding hydrogens is 350 g/mol. The zero-order valence-corrected chi connectivity index (χ0v) is 13.4. The van der Waals surface area contributed by atoms with E-state index in [1.165, 1.54) is 6.20 Å². The molecule has 0 aliphatic carbocycles. The second-order valence-electron chi connectivity index (χ2n) is 5.42. The lowest BCUT2D eigenvalue weighted by atomic mass is 10.1. The van der Waals surface area contributed by atoms with Gasteiger partial charge in [-0.15, -0.1) is 0 Å². The minimum atomic E-state index is -1.48. The number of carbonyl (C=O) groups excluding carboxylic acids is 1. The van der Waals surface area contributed by atoms with Crippen molar-refractivity contribution in [1.29, 1.82) is 0 Å². The fraction of sp³-hybridized carbons (Fsp3) is 0.0556. The monoisotopic (exact) mass is 361 g/mol. The van der Waals surface area contributed by atoms with Crippen molar-refractivity contribution >= 4 is 11.6 Å². The predicted octanol–water partition coefficient (Wildman–Crippen LogP) is 4.26. The van der Waals surface area contributed by atoms with Gasteiger partial charge in [0.25, 0.3) is 5.91 Å². The second-order valence-corrected chi connectivity index (χ2v) is 5.42. The van der Waals surface area contributed by atoms with E-state index in [0.29, 0.717) is 17.8 Å². The number of aromatic nitrogens is 2. The molecule has 0 aliphatic rings. The number of anilines is 1. The Morgan fingerprint density at radius 2 is 1.81 bits per heavy atom. The molecule has 2 aromatic heterocycles. The largest absolute Gasteiger partial charge is 0.319 e. The number of rotatable bonds is 3. The van der Waals surface area contributed by atoms with Crippen molar-refractivity contribution < 1.29 is 22.4 Å². The average Bonchev–Trinajstić information content (AvgIpc) is 2.60. The highest BCUT2D eigenvalue weighted by Gasteiger charge is 2.20.